The van der Waals surface area contributed by atoms with Gasteiger partial charge in [-0.25, -0.2) is 0 Å². The van der Waals surface area contributed by atoms with Crippen molar-refractivity contribution < 1.29 is 9.21 Å². The summed E-state index contributed by atoms with van der Waals surface area (Å²) in [6.07, 6.45) is 1.80. The van der Waals surface area contributed by atoms with Gasteiger partial charge in [-0.2, -0.15) is 0 Å². The molecule has 0 aliphatic rings. The van der Waals surface area contributed by atoms with E-state index in [4.69, 9.17) is 4.42 Å². The van der Waals surface area contributed by atoms with Crippen LogP contribution in [0.3, 0.4) is 0 Å². The molecule has 3 aromatic heterocycles. The first-order valence-electron chi connectivity index (χ1n) is 9.07. The smallest absolute Gasteiger partial charge is 0.257 e. The Morgan fingerprint density at radius 2 is 2.07 bits per heavy atom. The lowest BCUT2D eigenvalue weighted by atomic mass is 10.2. The lowest BCUT2D eigenvalue weighted by Crippen LogP contribution is -2.45. The van der Waals surface area contributed by atoms with Crippen molar-refractivity contribution in [2.24, 2.45) is 0 Å². The maximum atomic E-state index is 12.6. The SMILES string of the molecule is CCCN(Cc1nnc(-c2cccs2)o1)[C@H](C)C(=O)NCCc1cccs1. The number of carbonyl (C=O) groups is 1. The molecule has 3 heterocycles. The van der Waals surface area contributed by atoms with Crippen LogP contribution in [0.5, 0.6) is 0 Å². The highest BCUT2D eigenvalue weighted by Gasteiger charge is 2.23. The molecule has 0 bridgehead atoms. The van der Waals surface area contributed by atoms with E-state index < -0.39 is 0 Å². The second-order valence-corrected chi connectivity index (χ2v) is 8.23. The van der Waals surface area contributed by atoms with Gasteiger partial charge >= 0.3 is 0 Å². The Morgan fingerprint density at radius 1 is 1.26 bits per heavy atom. The number of hydrogen-bond acceptors (Lipinski definition) is 7. The van der Waals surface area contributed by atoms with E-state index >= 15 is 0 Å². The summed E-state index contributed by atoms with van der Waals surface area (Å²) < 4.78 is 5.78. The van der Waals surface area contributed by atoms with Crippen LogP contribution < -0.4 is 5.32 Å². The maximum absolute atomic E-state index is 12.6. The average molecular weight is 405 g/mol. The second-order valence-electron chi connectivity index (χ2n) is 6.25. The monoisotopic (exact) mass is 404 g/mol. The van der Waals surface area contributed by atoms with E-state index in [9.17, 15) is 4.79 Å². The lowest BCUT2D eigenvalue weighted by molar-refractivity contribution is -0.126. The van der Waals surface area contributed by atoms with Crippen molar-refractivity contribution in [3.63, 3.8) is 0 Å². The Labute approximate surface area is 167 Å². The molecule has 27 heavy (non-hydrogen) atoms. The summed E-state index contributed by atoms with van der Waals surface area (Å²) in [6.45, 7) is 5.92. The molecule has 0 spiro atoms. The summed E-state index contributed by atoms with van der Waals surface area (Å²) in [5, 5.41) is 15.3. The molecule has 1 atom stereocenters. The zero-order chi connectivity index (χ0) is 19.1. The Hall–Kier alpha value is -2.03. The molecule has 3 rings (SSSR count). The first kappa shape index (κ1) is 19.7. The fourth-order valence-corrected chi connectivity index (χ4v) is 4.12. The summed E-state index contributed by atoms with van der Waals surface area (Å²) in [6, 6.07) is 7.77. The number of thiophene rings is 2. The Kier molecular flexibility index (Phi) is 7.14. The topological polar surface area (TPSA) is 71.3 Å². The molecule has 1 N–H and O–H groups in total. The fourth-order valence-electron chi connectivity index (χ4n) is 2.77. The van der Waals surface area contributed by atoms with E-state index in [1.54, 1.807) is 22.7 Å². The second kappa shape index (κ2) is 9.77. The number of nitrogens with zero attached hydrogens (tertiary/aromatic N) is 3. The van der Waals surface area contributed by atoms with E-state index in [-0.39, 0.29) is 11.9 Å². The minimum absolute atomic E-state index is 0.0259. The third-order valence-corrected chi connectivity index (χ3v) is 6.02. The highest BCUT2D eigenvalue weighted by molar-refractivity contribution is 7.13. The summed E-state index contributed by atoms with van der Waals surface area (Å²) in [4.78, 5) is 16.9. The van der Waals surface area contributed by atoms with Crippen molar-refractivity contribution in [2.45, 2.75) is 39.3 Å². The molecule has 8 heteroatoms. The van der Waals surface area contributed by atoms with E-state index in [1.807, 2.05) is 30.5 Å². The Balaban J connectivity index is 1.56. The predicted octanol–water partition coefficient (Wildman–Crippen LogP) is 3.82. The number of carbonyl (C=O) groups excluding carboxylic acids is 1. The molecule has 1 amide bonds. The summed E-state index contributed by atoms with van der Waals surface area (Å²) >= 11 is 3.28. The normalized spacial score (nSPS) is 12.4. The van der Waals surface area contributed by atoms with Crippen LogP contribution in [0, 0.1) is 0 Å². The number of amides is 1. The molecule has 0 saturated carbocycles. The minimum Gasteiger partial charge on any atom is -0.419 e. The van der Waals surface area contributed by atoms with Crippen molar-refractivity contribution >= 4 is 28.6 Å². The molecule has 3 aromatic rings. The van der Waals surface area contributed by atoms with E-state index in [0.29, 0.717) is 24.9 Å². The molecule has 0 saturated heterocycles. The van der Waals surface area contributed by atoms with Gasteiger partial charge in [0.05, 0.1) is 17.5 Å². The van der Waals surface area contributed by atoms with E-state index in [2.05, 4.69) is 38.8 Å². The molecular formula is C19H24N4O2S2. The molecule has 0 radical (unpaired) electrons. The van der Waals surface area contributed by atoms with Crippen LogP contribution in [0.2, 0.25) is 0 Å². The van der Waals surface area contributed by atoms with Gasteiger partial charge in [0.25, 0.3) is 5.89 Å². The predicted molar refractivity (Wildman–Crippen MR) is 109 cm³/mol. The van der Waals surface area contributed by atoms with Gasteiger partial charge in [0.15, 0.2) is 0 Å². The van der Waals surface area contributed by atoms with E-state index in [0.717, 1.165) is 24.3 Å². The van der Waals surface area contributed by atoms with Crippen molar-refractivity contribution in [3.05, 3.63) is 45.8 Å². The van der Waals surface area contributed by atoms with Crippen LogP contribution in [-0.2, 0) is 17.8 Å². The summed E-state index contributed by atoms with van der Waals surface area (Å²) in [5.74, 6) is 1.09. The molecule has 0 aliphatic carbocycles. The maximum Gasteiger partial charge on any atom is 0.257 e. The Bertz CT molecular complexity index is 815. The van der Waals surface area contributed by atoms with Gasteiger partial charge in [0, 0.05) is 11.4 Å². The molecule has 0 aliphatic heterocycles. The van der Waals surface area contributed by atoms with Crippen LogP contribution in [-0.4, -0.2) is 40.1 Å². The van der Waals surface area contributed by atoms with Crippen LogP contribution in [0.4, 0.5) is 0 Å². The van der Waals surface area contributed by atoms with Gasteiger partial charge in [-0.3, -0.25) is 9.69 Å². The summed E-state index contributed by atoms with van der Waals surface area (Å²) in [7, 11) is 0. The van der Waals surface area contributed by atoms with Gasteiger partial charge in [0.2, 0.25) is 11.8 Å². The van der Waals surface area contributed by atoms with Crippen LogP contribution in [0.25, 0.3) is 10.8 Å². The number of hydrogen-bond donors (Lipinski definition) is 1. The highest BCUT2D eigenvalue weighted by atomic mass is 32.1. The largest absolute Gasteiger partial charge is 0.419 e. The zero-order valence-corrected chi connectivity index (χ0v) is 17.2. The Morgan fingerprint density at radius 3 is 2.78 bits per heavy atom. The molecule has 0 unspecified atom stereocenters. The molecule has 6 nitrogen and oxygen atoms in total. The third-order valence-electron chi connectivity index (χ3n) is 4.23. The molecule has 0 fully saturated rings. The number of rotatable bonds is 10. The van der Waals surface area contributed by atoms with Crippen LogP contribution in [0.15, 0.2) is 39.4 Å². The number of nitrogens with one attached hydrogen (secondary N) is 1. The van der Waals surface area contributed by atoms with Crippen molar-refractivity contribution in [2.75, 3.05) is 13.1 Å². The first-order valence-corrected chi connectivity index (χ1v) is 10.8. The lowest BCUT2D eigenvalue weighted by Gasteiger charge is -2.26. The van der Waals surface area contributed by atoms with E-state index in [1.165, 1.54) is 4.88 Å². The van der Waals surface area contributed by atoms with Crippen LogP contribution >= 0.6 is 22.7 Å². The van der Waals surface area contributed by atoms with Gasteiger partial charge in [-0.1, -0.05) is 19.1 Å². The number of aromatic nitrogens is 2. The summed E-state index contributed by atoms with van der Waals surface area (Å²) in [5.41, 5.74) is 0. The standard InChI is InChI=1S/C19H24N4O2S2/c1-3-10-23(13-17-21-22-19(25-17)16-7-5-12-27-16)14(2)18(24)20-9-8-15-6-4-11-26-15/h4-7,11-12,14H,3,8-10,13H2,1-2H3,(H,20,24)/t14-/m1/s1. The minimum atomic E-state index is -0.259. The zero-order valence-electron chi connectivity index (χ0n) is 15.6. The van der Waals surface area contributed by atoms with Gasteiger partial charge < -0.3 is 9.73 Å². The van der Waals surface area contributed by atoms with Gasteiger partial charge in [-0.05, 0) is 49.2 Å². The average Bonchev–Trinajstić information content (AvgIpc) is 3.42. The van der Waals surface area contributed by atoms with Crippen molar-refractivity contribution in [1.82, 2.24) is 20.4 Å². The quantitative estimate of drug-likeness (QED) is 0.556. The van der Waals surface area contributed by atoms with Gasteiger partial charge in [0.1, 0.15) is 0 Å². The molecule has 144 valence electrons. The highest BCUT2D eigenvalue weighted by Crippen LogP contribution is 2.23. The molecule has 0 aromatic carbocycles. The van der Waals surface area contributed by atoms with Crippen molar-refractivity contribution in [3.8, 4) is 10.8 Å². The fraction of sp³-hybridized carbons (Fsp3) is 0.421. The third kappa shape index (κ3) is 5.47. The van der Waals surface area contributed by atoms with Crippen LogP contribution in [0.1, 0.15) is 31.0 Å². The van der Waals surface area contributed by atoms with Gasteiger partial charge in [-0.15, -0.1) is 32.9 Å². The van der Waals surface area contributed by atoms with Crippen molar-refractivity contribution in [1.29, 1.82) is 0 Å². The molecular weight excluding hydrogens is 380 g/mol. The first-order chi connectivity index (χ1) is 13.2.